The summed E-state index contributed by atoms with van der Waals surface area (Å²) in [6.45, 7) is 4.80. The second-order valence-electron chi connectivity index (χ2n) is 8.40. The van der Waals surface area contributed by atoms with Crippen molar-refractivity contribution in [3.8, 4) is 11.5 Å². The predicted octanol–water partition coefficient (Wildman–Crippen LogP) is 2.76. The topological polar surface area (TPSA) is 45.2 Å². The molecule has 0 spiro atoms. The van der Waals surface area contributed by atoms with Crippen molar-refractivity contribution in [3.63, 3.8) is 0 Å². The molecular formula is C22H34N2O3. The molecule has 1 aromatic carbocycles. The lowest BCUT2D eigenvalue weighted by atomic mass is 9.69. The van der Waals surface area contributed by atoms with Crippen LogP contribution in [-0.2, 0) is 6.54 Å². The van der Waals surface area contributed by atoms with Crippen LogP contribution >= 0.6 is 0 Å². The molecule has 3 aliphatic heterocycles. The van der Waals surface area contributed by atoms with Crippen LogP contribution in [0.1, 0.15) is 37.7 Å². The Bertz CT molecular complexity index is 636. The Kier molecular flexibility index (Phi) is 5.90. The van der Waals surface area contributed by atoms with Gasteiger partial charge in [0, 0.05) is 37.3 Å². The van der Waals surface area contributed by atoms with Gasteiger partial charge in [-0.05, 0) is 63.1 Å². The van der Waals surface area contributed by atoms with Crippen molar-refractivity contribution in [3.05, 3.63) is 23.8 Å². The van der Waals surface area contributed by atoms with Gasteiger partial charge in [0.25, 0.3) is 0 Å². The number of para-hydroxylation sites is 1. The molecule has 3 fully saturated rings. The second kappa shape index (κ2) is 8.38. The maximum absolute atomic E-state index is 9.79. The van der Waals surface area contributed by atoms with Crippen molar-refractivity contribution >= 4 is 0 Å². The van der Waals surface area contributed by atoms with Gasteiger partial charge in [0.1, 0.15) is 0 Å². The summed E-state index contributed by atoms with van der Waals surface area (Å²) < 4.78 is 11.2. The molecule has 0 unspecified atom stereocenters. The van der Waals surface area contributed by atoms with Crippen LogP contribution in [0.5, 0.6) is 11.5 Å². The molecule has 150 valence electrons. The van der Waals surface area contributed by atoms with E-state index in [0.29, 0.717) is 12.0 Å². The monoisotopic (exact) mass is 374 g/mol. The quantitative estimate of drug-likeness (QED) is 0.830. The minimum Gasteiger partial charge on any atom is -0.493 e. The summed E-state index contributed by atoms with van der Waals surface area (Å²) >= 11 is 0. The SMILES string of the molecule is COc1cccc(CN2C[C@@H]3CCCN4CCC[C@@H]([C@H]34)[C@H]2CCO)c1OC. The maximum Gasteiger partial charge on any atom is 0.165 e. The molecule has 4 atom stereocenters. The van der Waals surface area contributed by atoms with Gasteiger partial charge in [-0.15, -0.1) is 0 Å². The summed E-state index contributed by atoms with van der Waals surface area (Å²) in [6.07, 6.45) is 6.14. The summed E-state index contributed by atoms with van der Waals surface area (Å²) in [5.74, 6) is 3.08. The van der Waals surface area contributed by atoms with Crippen LogP contribution < -0.4 is 9.47 Å². The van der Waals surface area contributed by atoms with Crippen molar-refractivity contribution in [1.82, 2.24) is 9.80 Å². The first kappa shape index (κ1) is 19.0. The van der Waals surface area contributed by atoms with E-state index < -0.39 is 0 Å². The standard InChI is InChI=1S/C22H34N2O3/c1-26-20-9-3-6-17(22(20)27-2)15-24-14-16-7-4-11-23-12-5-8-18(21(16)23)19(24)10-13-25/h3,6,9,16,18-19,21,25H,4-5,7-8,10-15H2,1-2H3/t16-,18+,19+,21-/m0/s1. The molecule has 1 aromatic rings. The number of aliphatic hydroxyl groups excluding tert-OH is 1. The first-order valence-electron chi connectivity index (χ1n) is 10.6. The normalized spacial score (nSPS) is 31.4. The van der Waals surface area contributed by atoms with E-state index in [4.69, 9.17) is 9.47 Å². The zero-order chi connectivity index (χ0) is 18.8. The Labute approximate surface area is 163 Å². The summed E-state index contributed by atoms with van der Waals surface area (Å²) in [5.41, 5.74) is 1.18. The summed E-state index contributed by atoms with van der Waals surface area (Å²) in [4.78, 5) is 5.39. The molecule has 0 saturated carbocycles. The van der Waals surface area contributed by atoms with Crippen LogP contribution in [0.4, 0.5) is 0 Å². The molecule has 0 aromatic heterocycles. The van der Waals surface area contributed by atoms with Gasteiger partial charge in [-0.2, -0.15) is 0 Å². The Morgan fingerprint density at radius 2 is 1.93 bits per heavy atom. The molecule has 0 amide bonds. The number of nitrogens with zero attached hydrogens (tertiary/aromatic N) is 2. The lowest BCUT2D eigenvalue weighted by Gasteiger charge is -2.57. The Hall–Kier alpha value is -1.30. The molecule has 0 bridgehead atoms. The van der Waals surface area contributed by atoms with Crippen molar-refractivity contribution in [2.45, 2.75) is 50.7 Å². The van der Waals surface area contributed by atoms with Gasteiger partial charge in [-0.3, -0.25) is 9.80 Å². The summed E-state index contributed by atoms with van der Waals surface area (Å²) in [6, 6.07) is 7.34. The third-order valence-corrected chi connectivity index (χ3v) is 7.06. The second-order valence-corrected chi connectivity index (χ2v) is 8.40. The van der Waals surface area contributed by atoms with Gasteiger partial charge in [0.2, 0.25) is 0 Å². The molecule has 5 heteroatoms. The summed E-state index contributed by atoms with van der Waals surface area (Å²) in [7, 11) is 3.42. The molecule has 4 rings (SSSR count). The van der Waals surface area contributed by atoms with Crippen LogP contribution in [0.15, 0.2) is 18.2 Å². The highest BCUT2D eigenvalue weighted by molar-refractivity contribution is 5.46. The van der Waals surface area contributed by atoms with E-state index in [2.05, 4.69) is 15.9 Å². The van der Waals surface area contributed by atoms with E-state index >= 15 is 0 Å². The highest BCUT2D eigenvalue weighted by atomic mass is 16.5. The zero-order valence-electron chi connectivity index (χ0n) is 16.8. The number of likely N-dealkylation sites (tertiary alicyclic amines) is 1. The van der Waals surface area contributed by atoms with E-state index in [-0.39, 0.29) is 6.61 Å². The Morgan fingerprint density at radius 3 is 2.67 bits per heavy atom. The average molecular weight is 375 g/mol. The number of benzene rings is 1. The van der Waals surface area contributed by atoms with Gasteiger partial charge in [0.05, 0.1) is 14.2 Å². The van der Waals surface area contributed by atoms with Gasteiger partial charge in [-0.25, -0.2) is 0 Å². The van der Waals surface area contributed by atoms with E-state index in [1.165, 1.54) is 44.3 Å². The fourth-order valence-electron chi connectivity index (χ4n) is 6.09. The van der Waals surface area contributed by atoms with Gasteiger partial charge < -0.3 is 14.6 Å². The number of hydrogen-bond donors (Lipinski definition) is 1. The number of rotatable bonds is 6. The fourth-order valence-corrected chi connectivity index (χ4v) is 6.09. The van der Waals surface area contributed by atoms with Crippen molar-refractivity contribution in [2.75, 3.05) is 40.5 Å². The van der Waals surface area contributed by atoms with E-state index in [1.807, 2.05) is 12.1 Å². The van der Waals surface area contributed by atoms with Gasteiger partial charge in [-0.1, -0.05) is 12.1 Å². The lowest BCUT2D eigenvalue weighted by Crippen LogP contribution is -2.64. The van der Waals surface area contributed by atoms with Gasteiger partial charge >= 0.3 is 0 Å². The molecule has 3 saturated heterocycles. The minimum absolute atomic E-state index is 0.268. The largest absolute Gasteiger partial charge is 0.493 e. The van der Waals surface area contributed by atoms with E-state index in [0.717, 1.165) is 43.0 Å². The third-order valence-electron chi connectivity index (χ3n) is 7.06. The number of piperidine rings is 3. The molecule has 0 radical (unpaired) electrons. The molecule has 3 heterocycles. The number of hydrogen-bond acceptors (Lipinski definition) is 5. The first-order chi connectivity index (χ1) is 13.3. The van der Waals surface area contributed by atoms with Gasteiger partial charge in [0.15, 0.2) is 11.5 Å². The molecule has 1 N–H and O–H groups in total. The third kappa shape index (κ3) is 3.57. The number of aliphatic hydroxyl groups is 1. The molecular weight excluding hydrogens is 340 g/mol. The van der Waals surface area contributed by atoms with Crippen molar-refractivity contribution < 1.29 is 14.6 Å². The average Bonchev–Trinajstić information content (AvgIpc) is 2.70. The predicted molar refractivity (Wildman–Crippen MR) is 106 cm³/mol. The molecule has 27 heavy (non-hydrogen) atoms. The van der Waals surface area contributed by atoms with E-state index in [9.17, 15) is 5.11 Å². The van der Waals surface area contributed by atoms with Crippen molar-refractivity contribution in [2.24, 2.45) is 11.8 Å². The smallest absolute Gasteiger partial charge is 0.165 e. The molecule has 3 aliphatic rings. The number of methoxy groups -OCH3 is 2. The van der Waals surface area contributed by atoms with Crippen LogP contribution in [0.3, 0.4) is 0 Å². The van der Waals surface area contributed by atoms with E-state index in [1.54, 1.807) is 14.2 Å². The first-order valence-corrected chi connectivity index (χ1v) is 10.6. The van der Waals surface area contributed by atoms with Crippen LogP contribution in [-0.4, -0.2) is 67.5 Å². The van der Waals surface area contributed by atoms with Crippen LogP contribution in [0.25, 0.3) is 0 Å². The Morgan fingerprint density at radius 1 is 1.11 bits per heavy atom. The highest BCUT2D eigenvalue weighted by Crippen LogP contribution is 2.44. The molecule has 5 nitrogen and oxygen atoms in total. The van der Waals surface area contributed by atoms with Crippen LogP contribution in [0, 0.1) is 11.8 Å². The minimum atomic E-state index is 0.268. The Balaban J connectivity index is 1.61. The van der Waals surface area contributed by atoms with Crippen molar-refractivity contribution in [1.29, 1.82) is 0 Å². The lowest BCUT2D eigenvalue weighted by molar-refractivity contribution is -0.0835. The fraction of sp³-hybridized carbons (Fsp3) is 0.727. The molecule has 0 aliphatic carbocycles. The number of ether oxygens (including phenoxy) is 2. The van der Waals surface area contributed by atoms with Crippen LogP contribution in [0.2, 0.25) is 0 Å². The maximum atomic E-state index is 9.79. The highest BCUT2D eigenvalue weighted by Gasteiger charge is 2.48. The zero-order valence-corrected chi connectivity index (χ0v) is 16.8. The summed E-state index contributed by atoms with van der Waals surface area (Å²) in [5, 5.41) is 9.79.